The van der Waals surface area contributed by atoms with Gasteiger partial charge in [0.1, 0.15) is 11.3 Å². The van der Waals surface area contributed by atoms with E-state index in [1.807, 2.05) is 43.3 Å². The van der Waals surface area contributed by atoms with Crippen LogP contribution in [-0.2, 0) is 6.42 Å². The maximum absolute atomic E-state index is 11.7. The molecule has 0 unspecified atom stereocenters. The number of hydrogen-bond acceptors (Lipinski definition) is 4. The zero-order valence-corrected chi connectivity index (χ0v) is 12.2. The van der Waals surface area contributed by atoms with Crippen molar-refractivity contribution in [1.29, 1.82) is 0 Å². The van der Waals surface area contributed by atoms with Gasteiger partial charge in [0, 0.05) is 13.5 Å². The number of aromatic nitrogens is 1. The highest BCUT2D eigenvalue weighted by atomic mass is 16.6. The van der Waals surface area contributed by atoms with Crippen molar-refractivity contribution in [3.8, 4) is 5.75 Å². The number of oxazole rings is 1. The fraction of sp³-hybridized carbons (Fsp3) is 0.176. The number of benzene rings is 2. The lowest BCUT2D eigenvalue weighted by Crippen LogP contribution is -2.28. The Balaban J connectivity index is 1.52. The third-order valence-electron chi connectivity index (χ3n) is 3.20. The molecule has 0 saturated carbocycles. The first kappa shape index (κ1) is 14.1. The number of carbonyl (C=O) groups is 1. The Kier molecular flexibility index (Phi) is 4.05. The fourth-order valence-corrected chi connectivity index (χ4v) is 2.18. The number of nitrogens with zero attached hydrogens (tertiary/aromatic N) is 1. The summed E-state index contributed by atoms with van der Waals surface area (Å²) in [5.41, 5.74) is 2.69. The van der Waals surface area contributed by atoms with Gasteiger partial charge in [0.05, 0.1) is 0 Å². The minimum absolute atomic E-state index is 0.454. The number of fused-ring (bicyclic) bond motifs is 1. The smallest absolute Gasteiger partial charge is 0.412 e. The van der Waals surface area contributed by atoms with Crippen LogP contribution in [-0.4, -0.2) is 17.6 Å². The number of amides is 1. The van der Waals surface area contributed by atoms with Crippen molar-refractivity contribution >= 4 is 17.2 Å². The van der Waals surface area contributed by atoms with E-state index in [1.54, 1.807) is 12.1 Å². The van der Waals surface area contributed by atoms with Crippen LogP contribution in [0.5, 0.6) is 5.75 Å². The molecular formula is C17H16N2O3. The van der Waals surface area contributed by atoms with E-state index in [-0.39, 0.29) is 0 Å². The molecule has 3 aromatic rings. The maximum Gasteiger partial charge on any atom is 0.412 e. The second-order valence-electron chi connectivity index (χ2n) is 4.91. The summed E-state index contributed by atoms with van der Waals surface area (Å²) >= 11 is 0. The molecule has 0 atom stereocenters. The minimum Gasteiger partial charge on any atom is -0.441 e. The molecule has 3 rings (SSSR count). The summed E-state index contributed by atoms with van der Waals surface area (Å²) in [5.74, 6) is 1.18. The second kappa shape index (κ2) is 6.30. The third-order valence-corrected chi connectivity index (χ3v) is 3.20. The van der Waals surface area contributed by atoms with Crippen molar-refractivity contribution in [2.75, 3.05) is 6.54 Å². The molecule has 1 N–H and O–H groups in total. The summed E-state index contributed by atoms with van der Waals surface area (Å²) in [4.78, 5) is 16.0. The van der Waals surface area contributed by atoms with E-state index in [2.05, 4.69) is 10.3 Å². The van der Waals surface area contributed by atoms with Gasteiger partial charge in [0.15, 0.2) is 11.5 Å². The van der Waals surface area contributed by atoms with E-state index in [1.165, 1.54) is 0 Å². The van der Waals surface area contributed by atoms with Crippen LogP contribution in [0.4, 0.5) is 4.79 Å². The predicted octanol–water partition coefficient (Wildman–Crippen LogP) is 3.47. The fourth-order valence-electron chi connectivity index (χ4n) is 2.18. The summed E-state index contributed by atoms with van der Waals surface area (Å²) in [5, 5.41) is 2.73. The van der Waals surface area contributed by atoms with Gasteiger partial charge in [-0.2, -0.15) is 0 Å². The highest BCUT2D eigenvalue weighted by molar-refractivity contribution is 5.73. The standard InChI is InChI=1S/C17H16N2O3/c1-12-19-15-11-13(7-8-16(15)21-12)9-10-18-17(20)22-14-5-3-2-4-6-14/h2-8,11H,9-10H2,1H3,(H,18,20). The van der Waals surface area contributed by atoms with Crippen molar-refractivity contribution in [3.63, 3.8) is 0 Å². The van der Waals surface area contributed by atoms with Gasteiger partial charge in [-0.15, -0.1) is 0 Å². The van der Waals surface area contributed by atoms with Crippen LogP contribution in [0.3, 0.4) is 0 Å². The Morgan fingerprint density at radius 1 is 1.23 bits per heavy atom. The molecule has 0 radical (unpaired) electrons. The summed E-state index contributed by atoms with van der Waals surface area (Å²) < 4.78 is 10.6. The van der Waals surface area contributed by atoms with Gasteiger partial charge < -0.3 is 14.5 Å². The average Bonchev–Trinajstić information content (AvgIpc) is 2.87. The van der Waals surface area contributed by atoms with Gasteiger partial charge in [0.2, 0.25) is 0 Å². The number of nitrogens with one attached hydrogen (secondary N) is 1. The monoisotopic (exact) mass is 296 g/mol. The predicted molar refractivity (Wildman–Crippen MR) is 82.9 cm³/mol. The molecule has 0 bridgehead atoms. The van der Waals surface area contributed by atoms with Crippen LogP contribution >= 0.6 is 0 Å². The van der Waals surface area contributed by atoms with Crippen LogP contribution in [0.25, 0.3) is 11.1 Å². The number of para-hydroxylation sites is 1. The van der Waals surface area contributed by atoms with Gasteiger partial charge >= 0.3 is 6.09 Å². The van der Waals surface area contributed by atoms with Crippen LogP contribution in [0.2, 0.25) is 0 Å². The van der Waals surface area contributed by atoms with Crippen molar-refractivity contribution < 1.29 is 13.9 Å². The largest absolute Gasteiger partial charge is 0.441 e. The molecule has 0 spiro atoms. The van der Waals surface area contributed by atoms with Crippen molar-refractivity contribution in [2.45, 2.75) is 13.3 Å². The molecule has 5 nitrogen and oxygen atoms in total. The Morgan fingerprint density at radius 2 is 2.05 bits per heavy atom. The zero-order valence-electron chi connectivity index (χ0n) is 12.2. The van der Waals surface area contributed by atoms with Crippen LogP contribution in [0, 0.1) is 6.92 Å². The molecule has 0 aliphatic carbocycles. The quantitative estimate of drug-likeness (QED) is 0.800. The number of rotatable bonds is 4. The second-order valence-corrected chi connectivity index (χ2v) is 4.91. The first-order valence-corrected chi connectivity index (χ1v) is 7.07. The van der Waals surface area contributed by atoms with Gasteiger partial charge in [0.25, 0.3) is 0 Å². The van der Waals surface area contributed by atoms with Crippen LogP contribution in [0.1, 0.15) is 11.5 Å². The van der Waals surface area contributed by atoms with Gasteiger partial charge in [-0.25, -0.2) is 9.78 Å². The molecular weight excluding hydrogens is 280 g/mol. The molecule has 0 saturated heterocycles. The van der Waals surface area contributed by atoms with E-state index in [9.17, 15) is 4.79 Å². The lowest BCUT2D eigenvalue weighted by molar-refractivity contribution is 0.200. The van der Waals surface area contributed by atoms with Gasteiger partial charge in [-0.05, 0) is 36.2 Å². The van der Waals surface area contributed by atoms with E-state index >= 15 is 0 Å². The molecule has 0 fully saturated rings. The Bertz CT molecular complexity index is 781. The molecule has 1 heterocycles. The van der Waals surface area contributed by atoms with E-state index in [0.29, 0.717) is 24.6 Å². The highest BCUT2D eigenvalue weighted by Crippen LogP contribution is 2.16. The molecule has 1 amide bonds. The molecule has 0 aliphatic rings. The summed E-state index contributed by atoms with van der Waals surface area (Å²) in [6.07, 6.45) is 0.246. The number of ether oxygens (including phenoxy) is 1. The van der Waals surface area contributed by atoms with Crippen LogP contribution in [0.15, 0.2) is 52.9 Å². The van der Waals surface area contributed by atoms with E-state index in [4.69, 9.17) is 9.15 Å². The first-order valence-electron chi connectivity index (χ1n) is 7.07. The zero-order chi connectivity index (χ0) is 15.4. The number of carbonyl (C=O) groups excluding carboxylic acids is 1. The number of hydrogen-bond donors (Lipinski definition) is 1. The highest BCUT2D eigenvalue weighted by Gasteiger charge is 2.05. The van der Waals surface area contributed by atoms with Gasteiger partial charge in [-0.1, -0.05) is 24.3 Å². The molecule has 112 valence electrons. The number of aryl methyl sites for hydroxylation is 1. The summed E-state index contributed by atoms with van der Waals surface area (Å²) in [7, 11) is 0. The maximum atomic E-state index is 11.7. The average molecular weight is 296 g/mol. The molecule has 0 aliphatic heterocycles. The van der Waals surface area contributed by atoms with Gasteiger partial charge in [-0.3, -0.25) is 0 Å². The van der Waals surface area contributed by atoms with E-state index in [0.717, 1.165) is 16.7 Å². The molecule has 1 aromatic heterocycles. The lowest BCUT2D eigenvalue weighted by Gasteiger charge is -2.06. The van der Waals surface area contributed by atoms with Crippen molar-refractivity contribution in [1.82, 2.24) is 10.3 Å². The summed E-state index contributed by atoms with van der Waals surface area (Å²) in [6.45, 7) is 2.31. The Morgan fingerprint density at radius 3 is 2.86 bits per heavy atom. The third kappa shape index (κ3) is 3.44. The van der Waals surface area contributed by atoms with E-state index < -0.39 is 6.09 Å². The first-order chi connectivity index (χ1) is 10.7. The normalized spacial score (nSPS) is 10.6. The topological polar surface area (TPSA) is 64.4 Å². The van der Waals surface area contributed by atoms with Crippen molar-refractivity contribution in [2.24, 2.45) is 0 Å². The lowest BCUT2D eigenvalue weighted by atomic mass is 10.1. The van der Waals surface area contributed by atoms with Crippen LogP contribution < -0.4 is 10.1 Å². The Labute approximate surface area is 127 Å². The summed E-state index contributed by atoms with van der Waals surface area (Å²) in [6, 6.07) is 14.8. The minimum atomic E-state index is -0.454. The Hall–Kier alpha value is -2.82. The SMILES string of the molecule is Cc1nc2cc(CCNC(=O)Oc3ccccc3)ccc2o1. The molecule has 5 heteroatoms. The molecule has 22 heavy (non-hydrogen) atoms. The van der Waals surface area contributed by atoms with Crippen molar-refractivity contribution in [3.05, 3.63) is 60.0 Å². The molecule has 2 aromatic carbocycles.